The minimum atomic E-state index is -0.445. The van der Waals surface area contributed by atoms with Crippen LogP contribution in [0.25, 0.3) is 0 Å². The normalized spacial score (nSPS) is 29.2. The maximum absolute atomic E-state index is 12.5. The summed E-state index contributed by atoms with van der Waals surface area (Å²) in [6.45, 7) is 0.749. The van der Waals surface area contributed by atoms with Crippen molar-refractivity contribution in [1.82, 2.24) is 15.3 Å². The van der Waals surface area contributed by atoms with Gasteiger partial charge in [0.1, 0.15) is 11.4 Å². The van der Waals surface area contributed by atoms with Crippen LogP contribution in [0, 0.1) is 0 Å². The van der Waals surface area contributed by atoms with Crippen LogP contribution in [0.15, 0.2) is 6.20 Å². The number of hydrogen-bond donors (Lipinski definition) is 2. The third kappa shape index (κ3) is 1.47. The Bertz CT molecular complexity index is 569. The molecule has 3 N–H and O–H groups in total. The highest BCUT2D eigenvalue weighted by Crippen LogP contribution is 2.45. The quantitative estimate of drug-likeness (QED) is 0.783. The molecule has 4 rings (SSSR count). The summed E-state index contributed by atoms with van der Waals surface area (Å²) in [7, 11) is 0. The van der Waals surface area contributed by atoms with Gasteiger partial charge in [-0.1, -0.05) is 12.8 Å². The molecule has 1 amide bonds. The molecule has 1 spiro atoms. The number of rotatable bonds is 1. The summed E-state index contributed by atoms with van der Waals surface area (Å²) < 4.78 is 0. The zero-order valence-corrected chi connectivity index (χ0v) is 11.4. The first kappa shape index (κ1) is 11.9. The Labute approximate surface area is 117 Å². The van der Waals surface area contributed by atoms with Crippen molar-refractivity contribution in [3.63, 3.8) is 0 Å². The first-order chi connectivity index (χ1) is 9.71. The number of nitrogens with one attached hydrogen (secondary N) is 1. The number of nitrogens with zero attached hydrogens (tertiary/aromatic N) is 3. The number of nitrogen functional groups attached to an aromatic ring is 1. The summed E-state index contributed by atoms with van der Waals surface area (Å²) in [4.78, 5) is 23.3. The molecule has 1 aromatic heterocycles. The van der Waals surface area contributed by atoms with Crippen LogP contribution in [-0.2, 0) is 11.2 Å². The summed E-state index contributed by atoms with van der Waals surface area (Å²) in [6, 6.07) is 0.411. The topological polar surface area (TPSA) is 84.1 Å². The lowest BCUT2D eigenvalue weighted by Crippen LogP contribution is -2.56. The molecule has 2 aliphatic heterocycles. The van der Waals surface area contributed by atoms with Crippen LogP contribution in [0.4, 0.5) is 11.8 Å². The summed E-state index contributed by atoms with van der Waals surface area (Å²) in [5.74, 6) is 1.32. The van der Waals surface area contributed by atoms with Crippen molar-refractivity contribution >= 4 is 17.7 Å². The smallest absolute Gasteiger partial charge is 0.246 e. The lowest BCUT2D eigenvalue weighted by Gasteiger charge is -2.38. The van der Waals surface area contributed by atoms with Gasteiger partial charge in [-0.2, -0.15) is 4.98 Å². The van der Waals surface area contributed by atoms with Crippen LogP contribution >= 0.6 is 0 Å². The zero-order valence-electron chi connectivity index (χ0n) is 11.4. The van der Waals surface area contributed by atoms with Gasteiger partial charge in [0, 0.05) is 30.8 Å². The van der Waals surface area contributed by atoms with Gasteiger partial charge >= 0.3 is 0 Å². The number of carbonyl (C=O) groups excluding carboxylic acids is 1. The molecule has 0 radical (unpaired) electrons. The second-order valence-electron chi connectivity index (χ2n) is 6.10. The molecule has 0 unspecified atom stereocenters. The van der Waals surface area contributed by atoms with Gasteiger partial charge in [0.05, 0.1) is 0 Å². The molecule has 3 heterocycles. The average Bonchev–Trinajstić information content (AvgIpc) is 3.11. The van der Waals surface area contributed by atoms with Gasteiger partial charge in [0.2, 0.25) is 11.9 Å². The fourth-order valence-corrected chi connectivity index (χ4v) is 4.09. The van der Waals surface area contributed by atoms with Gasteiger partial charge in [0.25, 0.3) is 0 Å². The van der Waals surface area contributed by atoms with E-state index in [4.69, 9.17) is 5.73 Å². The summed E-state index contributed by atoms with van der Waals surface area (Å²) in [6.07, 6.45) is 8.09. The number of hydrogen-bond acceptors (Lipinski definition) is 5. The summed E-state index contributed by atoms with van der Waals surface area (Å²) in [5.41, 5.74) is 6.38. The van der Waals surface area contributed by atoms with E-state index in [0.29, 0.717) is 18.4 Å². The molecule has 0 aromatic carbocycles. The Hall–Kier alpha value is -1.85. The maximum Gasteiger partial charge on any atom is 0.246 e. The minimum absolute atomic E-state index is 0.140. The molecule has 106 valence electrons. The standard InChI is InChI=1S/C14H19N5O/c15-13-17-8-9-7-14(5-6-16-12(14)20)19(11(9)18-13)10-3-1-2-4-10/h8,10H,1-7H2,(H,16,20)(H2,15,17,18)/t14-/m1/s1. The predicted molar refractivity (Wildman–Crippen MR) is 75.2 cm³/mol. The van der Waals surface area contributed by atoms with E-state index in [1.807, 2.05) is 0 Å². The fraction of sp³-hybridized carbons (Fsp3) is 0.643. The SMILES string of the molecule is Nc1ncc2c(n1)N(C1CCCC1)[C@]1(CCNC1=O)C2. The van der Waals surface area contributed by atoms with E-state index in [0.717, 1.165) is 37.2 Å². The molecule has 3 aliphatic rings. The molecule has 6 nitrogen and oxygen atoms in total. The molecule has 1 saturated heterocycles. The molecule has 20 heavy (non-hydrogen) atoms. The Morgan fingerprint density at radius 2 is 2.20 bits per heavy atom. The van der Waals surface area contributed by atoms with Crippen LogP contribution in [0.2, 0.25) is 0 Å². The van der Waals surface area contributed by atoms with Crippen LogP contribution in [-0.4, -0.2) is 34.0 Å². The lowest BCUT2D eigenvalue weighted by molar-refractivity contribution is -0.123. The molecule has 1 atom stereocenters. The number of nitrogens with two attached hydrogens (primary N) is 1. The van der Waals surface area contributed by atoms with Crippen LogP contribution in [0.1, 0.15) is 37.7 Å². The van der Waals surface area contributed by atoms with Crippen LogP contribution < -0.4 is 16.0 Å². The Balaban J connectivity index is 1.84. The lowest BCUT2D eigenvalue weighted by atomic mass is 9.91. The van der Waals surface area contributed by atoms with Crippen molar-refractivity contribution in [3.8, 4) is 0 Å². The zero-order chi connectivity index (χ0) is 13.7. The van der Waals surface area contributed by atoms with Crippen molar-refractivity contribution in [2.75, 3.05) is 17.2 Å². The highest BCUT2D eigenvalue weighted by Gasteiger charge is 2.55. The Morgan fingerprint density at radius 1 is 1.40 bits per heavy atom. The Morgan fingerprint density at radius 3 is 2.90 bits per heavy atom. The van der Waals surface area contributed by atoms with Gasteiger partial charge in [-0.3, -0.25) is 4.79 Å². The average molecular weight is 273 g/mol. The van der Waals surface area contributed by atoms with Gasteiger partial charge in [0.15, 0.2) is 0 Å². The molecule has 1 saturated carbocycles. The van der Waals surface area contributed by atoms with Crippen molar-refractivity contribution < 1.29 is 4.79 Å². The van der Waals surface area contributed by atoms with Crippen molar-refractivity contribution in [2.24, 2.45) is 0 Å². The highest BCUT2D eigenvalue weighted by molar-refractivity contribution is 5.94. The van der Waals surface area contributed by atoms with E-state index in [-0.39, 0.29) is 5.91 Å². The number of anilines is 2. The van der Waals surface area contributed by atoms with Crippen molar-refractivity contribution in [1.29, 1.82) is 0 Å². The van der Waals surface area contributed by atoms with Crippen LogP contribution in [0.3, 0.4) is 0 Å². The van der Waals surface area contributed by atoms with Gasteiger partial charge in [-0.15, -0.1) is 0 Å². The summed E-state index contributed by atoms with van der Waals surface area (Å²) >= 11 is 0. The molecule has 1 aromatic rings. The number of amides is 1. The monoisotopic (exact) mass is 273 g/mol. The predicted octanol–water partition coefficient (Wildman–Crippen LogP) is 0.623. The third-order valence-electron chi connectivity index (χ3n) is 4.97. The minimum Gasteiger partial charge on any atom is -0.368 e. The molecular weight excluding hydrogens is 254 g/mol. The van der Waals surface area contributed by atoms with E-state index >= 15 is 0 Å². The highest BCUT2D eigenvalue weighted by atomic mass is 16.2. The second kappa shape index (κ2) is 4.07. The second-order valence-corrected chi connectivity index (χ2v) is 6.10. The van der Waals surface area contributed by atoms with Gasteiger partial charge in [-0.05, 0) is 19.3 Å². The largest absolute Gasteiger partial charge is 0.368 e. The molecule has 0 bridgehead atoms. The van der Waals surface area contributed by atoms with E-state index in [2.05, 4.69) is 20.2 Å². The number of aromatic nitrogens is 2. The van der Waals surface area contributed by atoms with Gasteiger partial charge in [-0.25, -0.2) is 4.98 Å². The van der Waals surface area contributed by atoms with Gasteiger partial charge < -0.3 is 16.0 Å². The first-order valence-corrected chi connectivity index (χ1v) is 7.40. The first-order valence-electron chi connectivity index (χ1n) is 7.40. The molecule has 6 heteroatoms. The van der Waals surface area contributed by atoms with Crippen LogP contribution in [0.5, 0.6) is 0 Å². The van der Waals surface area contributed by atoms with E-state index in [1.54, 1.807) is 6.20 Å². The van der Waals surface area contributed by atoms with E-state index < -0.39 is 5.54 Å². The molecule has 2 fully saturated rings. The van der Waals surface area contributed by atoms with E-state index in [1.165, 1.54) is 12.8 Å². The molecular formula is C14H19N5O. The fourth-order valence-electron chi connectivity index (χ4n) is 4.09. The number of fused-ring (bicyclic) bond motifs is 1. The van der Waals surface area contributed by atoms with Crippen molar-refractivity contribution in [2.45, 2.75) is 50.1 Å². The third-order valence-corrected chi connectivity index (χ3v) is 4.97. The summed E-state index contributed by atoms with van der Waals surface area (Å²) in [5, 5.41) is 3.00. The van der Waals surface area contributed by atoms with E-state index in [9.17, 15) is 4.79 Å². The van der Waals surface area contributed by atoms with Crippen molar-refractivity contribution in [3.05, 3.63) is 11.8 Å². The molecule has 1 aliphatic carbocycles. The number of carbonyl (C=O) groups is 1. The maximum atomic E-state index is 12.5. The Kier molecular flexibility index (Phi) is 2.43.